The second kappa shape index (κ2) is 11.0. The van der Waals surface area contributed by atoms with Gasteiger partial charge in [0.05, 0.1) is 13.7 Å². The van der Waals surface area contributed by atoms with E-state index in [1.54, 1.807) is 26.8 Å². The van der Waals surface area contributed by atoms with Gasteiger partial charge in [0.2, 0.25) is 0 Å². The number of allylic oxidation sites excluding steroid dienone is 3. The summed E-state index contributed by atoms with van der Waals surface area (Å²) >= 11 is 5.81. The Bertz CT molecular complexity index is 753. The van der Waals surface area contributed by atoms with Gasteiger partial charge in [-0.2, -0.15) is 0 Å². The Kier molecular flexibility index (Phi) is 9.36. The Morgan fingerprint density at radius 1 is 1.31 bits per heavy atom. The lowest BCUT2D eigenvalue weighted by Gasteiger charge is -2.27. The van der Waals surface area contributed by atoms with E-state index in [2.05, 4.69) is 16.7 Å². The monoisotopic (exact) mass is 424 g/mol. The van der Waals surface area contributed by atoms with Crippen molar-refractivity contribution in [3.8, 4) is 0 Å². The molecule has 0 aliphatic carbocycles. The molecule has 0 saturated carbocycles. The molecule has 0 radical (unpaired) electrons. The fourth-order valence-electron chi connectivity index (χ4n) is 2.41. The fraction of sp³-hybridized carbons (Fsp3) is 0.429. The summed E-state index contributed by atoms with van der Waals surface area (Å²) in [4.78, 5) is 23.7. The molecular weight excluding hydrogens is 396 g/mol. The lowest BCUT2D eigenvalue weighted by molar-refractivity contribution is -0.152. The molecule has 160 valence electrons. The van der Waals surface area contributed by atoms with E-state index in [4.69, 9.17) is 16.3 Å². The molecule has 0 spiro atoms. The third-order valence-electron chi connectivity index (χ3n) is 3.67. The summed E-state index contributed by atoms with van der Waals surface area (Å²) in [6.07, 6.45) is -0.348. The highest BCUT2D eigenvalue weighted by molar-refractivity contribution is 6.31. The lowest BCUT2D eigenvalue weighted by atomic mass is 10.0. The number of rotatable bonds is 8. The van der Waals surface area contributed by atoms with Crippen molar-refractivity contribution in [3.05, 3.63) is 53.1 Å². The summed E-state index contributed by atoms with van der Waals surface area (Å²) in [6.45, 7) is 10.9. The standard InChI is InChI=1S/C21H29ClN2O5/c1-14(11-15(2)22)17-9-7-16(8-10-17)12-24(13-18(25)19(26)28-6)23-20(27)29-21(3,4)5/h7-11,18,25H,2,12-13H2,1,3-6H3,(H,23,27)/b14-11+/t18-/m1/s1. The van der Waals surface area contributed by atoms with Crippen LogP contribution in [0.4, 0.5) is 4.79 Å². The molecular formula is C21H29ClN2O5. The minimum Gasteiger partial charge on any atom is -0.467 e. The highest BCUT2D eigenvalue weighted by Gasteiger charge is 2.23. The number of hydrazine groups is 1. The number of aliphatic hydroxyl groups is 1. The van der Waals surface area contributed by atoms with Crippen LogP contribution in [0.2, 0.25) is 0 Å². The zero-order chi connectivity index (χ0) is 22.2. The van der Waals surface area contributed by atoms with Crippen LogP contribution in [-0.4, -0.2) is 47.5 Å². The average molecular weight is 425 g/mol. The van der Waals surface area contributed by atoms with E-state index in [1.807, 2.05) is 31.2 Å². The maximum Gasteiger partial charge on any atom is 0.422 e. The Labute approximate surface area is 176 Å². The number of benzene rings is 1. The molecule has 0 aliphatic rings. The molecule has 8 heteroatoms. The highest BCUT2D eigenvalue weighted by Crippen LogP contribution is 2.18. The molecule has 29 heavy (non-hydrogen) atoms. The molecule has 0 heterocycles. The zero-order valence-corrected chi connectivity index (χ0v) is 18.2. The molecule has 2 N–H and O–H groups in total. The molecule has 1 aromatic carbocycles. The zero-order valence-electron chi connectivity index (χ0n) is 17.5. The number of aliphatic hydroxyl groups excluding tert-OH is 1. The number of hydrogen-bond donors (Lipinski definition) is 2. The number of nitrogens with zero attached hydrogens (tertiary/aromatic N) is 1. The maximum absolute atomic E-state index is 12.1. The topological polar surface area (TPSA) is 88.1 Å². The second-order valence-corrected chi connectivity index (χ2v) is 7.99. The maximum atomic E-state index is 12.1. The SMILES string of the molecule is C=C(Cl)/C=C(\C)c1ccc(CN(C[C@@H](O)C(=O)OC)NC(=O)OC(C)(C)C)cc1. The quantitative estimate of drug-likeness (QED) is 0.376. The normalized spacial score (nSPS) is 13.0. The van der Waals surface area contributed by atoms with E-state index in [-0.39, 0.29) is 13.1 Å². The van der Waals surface area contributed by atoms with Gasteiger partial charge in [0, 0.05) is 11.6 Å². The van der Waals surface area contributed by atoms with Crippen molar-refractivity contribution in [2.75, 3.05) is 13.7 Å². The second-order valence-electron chi connectivity index (χ2n) is 7.50. The van der Waals surface area contributed by atoms with Crippen LogP contribution >= 0.6 is 11.6 Å². The number of hydrogen-bond acceptors (Lipinski definition) is 6. The first-order valence-corrected chi connectivity index (χ1v) is 9.41. The first-order chi connectivity index (χ1) is 13.4. The number of esters is 1. The third-order valence-corrected chi connectivity index (χ3v) is 3.78. The van der Waals surface area contributed by atoms with E-state index in [0.717, 1.165) is 16.7 Å². The van der Waals surface area contributed by atoms with Crippen molar-refractivity contribution in [1.82, 2.24) is 10.4 Å². The summed E-state index contributed by atoms with van der Waals surface area (Å²) in [5.41, 5.74) is 4.65. The van der Waals surface area contributed by atoms with Crippen LogP contribution in [0.25, 0.3) is 5.57 Å². The van der Waals surface area contributed by atoms with E-state index in [1.165, 1.54) is 12.1 Å². The van der Waals surface area contributed by atoms with Crippen LogP contribution in [0.5, 0.6) is 0 Å². The van der Waals surface area contributed by atoms with Gasteiger partial charge in [-0.25, -0.2) is 14.6 Å². The van der Waals surface area contributed by atoms with Gasteiger partial charge in [0.15, 0.2) is 6.10 Å². The van der Waals surface area contributed by atoms with Crippen LogP contribution in [0.15, 0.2) is 42.0 Å². The Balaban J connectivity index is 2.93. The number of nitrogens with one attached hydrogen (secondary N) is 1. The van der Waals surface area contributed by atoms with Crippen molar-refractivity contribution in [3.63, 3.8) is 0 Å². The van der Waals surface area contributed by atoms with E-state index < -0.39 is 23.8 Å². The lowest BCUT2D eigenvalue weighted by Crippen LogP contribution is -2.48. The van der Waals surface area contributed by atoms with Crippen molar-refractivity contribution >= 4 is 29.2 Å². The van der Waals surface area contributed by atoms with Gasteiger partial charge in [-0.15, -0.1) is 0 Å². The van der Waals surface area contributed by atoms with Gasteiger partial charge in [0.1, 0.15) is 5.60 Å². The molecule has 1 rings (SSSR count). The number of halogens is 1. The summed E-state index contributed by atoms with van der Waals surface area (Å²) in [7, 11) is 1.18. The summed E-state index contributed by atoms with van der Waals surface area (Å²) in [5, 5.41) is 11.8. The summed E-state index contributed by atoms with van der Waals surface area (Å²) in [6, 6.07) is 7.56. The average Bonchev–Trinajstić information content (AvgIpc) is 2.59. The van der Waals surface area contributed by atoms with Crippen LogP contribution in [0, 0.1) is 0 Å². The Morgan fingerprint density at radius 3 is 2.38 bits per heavy atom. The van der Waals surface area contributed by atoms with Crippen molar-refractivity contribution < 1.29 is 24.2 Å². The molecule has 0 aromatic heterocycles. The predicted octanol–water partition coefficient (Wildman–Crippen LogP) is 3.62. The van der Waals surface area contributed by atoms with E-state index in [0.29, 0.717) is 5.03 Å². The van der Waals surface area contributed by atoms with Gasteiger partial charge in [0.25, 0.3) is 0 Å². The van der Waals surface area contributed by atoms with Gasteiger partial charge in [-0.05, 0) is 50.5 Å². The number of methoxy groups -OCH3 is 1. The number of ether oxygens (including phenoxy) is 2. The largest absolute Gasteiger partial charge is 0.467 e. The van der Waals surface area contributed by atoms with Crippen LogP contribution in [-0.2, 0) is 20.8 Å². The van der Waals surface area contributed by atoms with Gasteiger partial charge >= 0.3 is 12.1 Å². The van der Waals surface area contributed by atoms with E-state index >= 15 is 0 Å². The van der Waals surface area contributed by atoms with Crippen LogP contribution < -0.4 is 5.43 Å². The molecule has 7 nitrogen and oxygen atoms in total. The minimum atomic E-state index is -1.42. The van der Waals surface area contributed by atoms with Gasteiger partial charge in [-0.3, -0.25) is 5.43 Å². The first kappa shape index (κ1) is 24.7. The molecule has 0 fully saturated rings. The first-order valence-electron chi connectivity index (χ1n) is 9.03. The molecule has 0 aliphatic heterocycles. The molecule has 1 amide bonds. The molecule has 1 atom stereocenters. The number of amides is 1. The molecule has 0 saturated heterocycles. The third kappa shape index (κ3) is 9.60. The highest BCUT2D eigenvalue weighted by atomic mass is 35.5. The molecule has 0 unspecified atom stereocenters. The van der Waals surface area contributed by atoms with Crippen LogP contribution in [0.3, 0.4) is 0 Å². The minimum absolute atomic E-state index is 0.168. The Morgan fingerprint density at radius 2 is 1.90 bits per heavy atom. The van der Waals surface area contributed by atoms with Gasteiger partial charge < -0.3 is 14.6 Å². The Hall–Kier alpha value is -2.35. The molecule has 1 aromatic rings. The smallest absolute Gasteiger partial charge is 0.422 e. The van der Waals surface area contributed by atoms with E-state index in [9.17, 15) is 14.7 Å². The number of carbonyl (C=O) groups excluding carboxylic acids is 2. The number of carbonyl (C=O) groups is 2. The fourth-order valence-corrected chi connectivity index (χ4v) is 2.57. The summed E-state index contributed by atoms with van der Waals surface area (Å²) in [5.74, 6) is -0.793. The molecule has 0 bridgehead atoms. The van der Waals surface area contributed by atoms with Crippen molar-refractivity contribution in [2.45, 2.75) is 45.9 Å². The van der Waals surface area contributed by atoms with Crippen molar-refractivity contribution in [1.29, 1.82) is 0 Å². The van der Waals surface area contributed by atoms with Crippen LogP contribution in [0.1, 0.15) is 38.8 Å². The van der Waals surface area contributed by atoms with Gasteiger partial charge in [-0.1, -0.05) is 42.4 Å². The summed E-state index contributed by atoms with van der Waals surface area (Å²) < 4.78 is 9.78. The van der Waals surface area contributed by atoms with Crippen molar-refractivity contribution in [2.24, 2.45) is 0 Å². The predicted molar refractivity (Wildman–Crippen MR) is 113 cm³/mol.